The van der Waals surface area contributed by atoms with Gasteiger partial charge in [-0.25, -0.2) is 0 Å². The van der Waals surface area contributed by atoms with E-state index in [0.717, 1.165) is 21.9 Å². The van der Waals surface area contributed by atoms with E-state index in [1.165, 1.54) is 68.4 Å². The molecule has 37 heavy (non-hydrogen) atoms. The average molecular weight is 546 g/mol. The minimum atomic E-state index is 0.0139. The third-order valence-corrected chi connectivity index (χ3v) is 8.79. The van der Waals surface area contributed by atoms with Crippen LogP contribution < -0.4 is 10.2 Å². The summed E-state index contributed by atoms with van der Waals surface area (Å²) in [5.74, 6) is 8.76. The minimum Gasteiger partial charge on any atom is -0.344 e. The third-order valence-electron chi connectivity index (χ3n) is 6.36. The summed E-state index contributed by atoms with van der Waals surface area (Å²) in [6.45, 7) is 23.4. The van der Waals surface area contributed by atoms with Gasteiger partial charge in [-0.15, -0.1) is 23.1 Å². The molecule has 3 nitrogen and oxygen atoms in total. The highest BCUT2D eigenvalue weighted by Crippen LogP contribution is 2.37. The van der Waals surface area contributed by atoms with Crippen molar-refractivity contribution >= 4 is 41.6 Å². The van der Waals surface area contributed by atoms with Gasteiger partial charge in [-0.05, 0) is 84.5 Å². The monoisotopic (exact) mass is 545 g/mol. The predicted molar refractivity (Wildman–Crippen MR) is 174 cm³/mol. The Hall–Kier alpha value is -1.48. The van der Waals surface area contributed by atoms with Gasteiger partial charge in [0.2, 0.25) is 0 Å². The van der Waals surface area contributed by atoms with Gasteiger partial charge in [0.15, 0.2) is 0 Å². The van der Waals surface area contributed by atoms with E-state index in [2.05, 4.69) is 75.7 Å². The highest BCUT2D eigenvalue weighted by molar-refractivity contribution is 7.99. The molecule has 0 radical (unpaired) electrons. The van der Waals surface area contributed by atoms with Gasteiger partial charge in [0.1, 0.15) is 0 Å². The highest BCUT2D eigenvalue weighted by atomic mass is 32.2. The number of thiophene rings is 1. The molecule has 0 unspecified atom stereocenters. The lowest BCUT2D eigenvalue weighted by atomic mass is 9.91. The van der Waals surface area contributed by atoms with Crippen LogP contribution in [0.2, 0.25) is 0 Å². The molecule has 1 heterocycles. The van der Waals surface area contributed by atoms with Crippen LogP contribution in [0.15, 0.2) is 25.4 Å². The normalized spacial score (nSPS) is 19.2. The zero-order chi connectivity index (χ0) is 28.3. The fourth-order valence-corrected chi connectivity index (χ4v) is 6.37. The van der Waals surface area contributed by atoms with Crippen molar-refractivity contribution in [2.75, 3.05) is 17.8 Å². The van der Waals surface area contributed by atoms with E-state index < -0.39 is 0 Å². The van der Waals surface area contributed by atoms with Gasteiger partial charge >= 0.3 is 0 Å². The van der Waals surface area contributed by atoms with Gasteiger partial charge < -0.3 is 15.6 Å². The molecule has 3 rings (SSSR count). The van der Waals surface area contributed by atoms with Gasteiger partial charge in [0, 0.05) is 22.6 Å². The van der Waals surface area contributed by atoms with Crippen LogP contribution in [0.3, 0.4) is 0 Å². The van der Waals surface area contributed by atoms with E-state index in [9.17, 15) is 0 Å². The summed E-state index contributed by atoms with van der Waals surface area (Å²) in [7, 11) is 2.02. The molecule has 0 saturated heterocycles. The molecule has 2 fully saturated rings. The van der Waals surface area contributed by atoms with Crippen molar-refractivity contribution < 1.29 is 0 Å². The lowest BCUT2D eigenvalue weighted by Gasteiger charge is -2.36. The van der Waals surface area contributed by atoms with Crippen LogP contribution in [-0.2, 0) is 0 Å². The van der Waals surface area contributed by atoms with E-state index in [-0.39, 0.29) is 5.41 Å². The zero-order valence-corrected chi connectivity index (χ0v) is 26.6. The Kier molecular flexibility index (Phi) is 19.7. The van der Waals surface area contributed by atoms with Crippen LogP contribution in [0, 0.1) is 28.6 Å². The van der Waals surface area contributed by atoms with E-state index in [0.29, 0.717) is 6.04 Å². The summed E-state index contributed by atoms with van der Waals surface area (Å²) in [6.07, 6.45) is 16.3. The molecule has 2 saturated carbocycles. The van der Waals surface area contributed by atoms with E-state index in [1.807, 2.05) is 44.9 Å². The maximum absolute atomic E-state index is 5.50. The second kappa shape index (κ2) is 20.5. The molecule has 0 atom stereocenters. The fourth-order valence-electron chi connectivity index (χ4n) is 4.50. The predicted octanol–water partition coefficient (Wildman–Crippen LogP) is 9.84. The van der Waals surface area contributed by atoms with E-state index >= 15 is 0 Å². The summed E-state index contributed by atoms with van der Waals surface area (Å²) in [6, 6.07) is 2.74. The maximum Gasteiger partial charge on any atom is 0.0796 e. The number of nitrogens with one attached hydrogen (secondary N) is 2. The van der Waals surface area contributed by atoms with Crippen molar-refractivity contribution in [1.82, 2.24) is 5.32 Å². The average Bonchev–Trinajstić information content (AvgIpc) is 3.33. The molecule has 0 bridgehead atoms. The molecule has 0 spiro atoms. The summed E-state index contributed by atoms with van der Waals surface area (Å²) < 4.78 is 0. The van der Waals surface area contributed by atoms with Crippen molar-refractivity contribution in [3.63, 3.8) is 0 Å². The second-order valence-corrected chi connectivity index (χ2v) is 12.9. The van der Waals surface area contributed by atoms with Crippen molar-refractivity contribution in [2.24, 2.45) is 11.3 Å². The van der Waals surface area contributed by atoms with Gasteiger partial charge in [0.05, 0.1) is 15.4 Å². The van der Waals surface area contributed by atoms with Gasteiger partial charge in [-0.2, -0.15) is 0 Å². The smallest absolute Gasteiger partial charge is 0.0796 e. The summed E-state index contributed by atoms with van der Waals surface area (Å²) in [5, 5.41) is 9.52. The minimum absolute atomic E-state index is 0.0139. The van der Waals surface area contributed by atoms with Crippen LogP contribution in [0.25, 0.3) is 6.08 Å². The molecular weight excluding hydrogens is 491 g/mol. The first-order chi connectivity index (χ1) is 17.8. The van der Waals surface area contributed by atoms with Crippen LogP contribution in [0.1, 0.15) is 109 Å². The first-order valence-corrected chi connectivity index (χ1v) is 16.0. The lowest BCUT2D eigenvalue weighted by Crippen LogP contribution is -2.35. The maximum atomic E-state index is 5.50. The molecule has 210 valence electrons. The fraction of sp³-hybridized carbons (Fsp3) is 0.656. The molecular formula is C32H55N3S2. The summed E-state index contributed by atoms with van der Waals surface area (Å²) >= 11 is 3.77. The molecule has 1 aromatic heterocycles. The van der Waals surface area contributed by atoms with Gasteiger partial charge in [-0.3, -0.25) is 0 Å². The number of hydrogen-bond donors (Lipinski definition) is 2. The standard InChI is InChI=1S/C22H32N2S2.C7H14.C2H6.CH3N/c1-7-21-20(15-19(26-21)13-14-22(3,4)5)24(8-2)17-9-11-18(12-10-17)25-16-23-6;1-7-5-3-2-4-6-7;2*1-2/h7-8,15,17-18,23H,1-2,9-12,16H2,3-6H3;7H,2-6H2,1H3;1-2H3;2H,1H2. The number of anilines is 1. The van der Waals surface area contributed by atoms with Crippen molar-refractivity contribution in [3.8, 4) is 11.8 Å². The molecule has 0 aliphatic heterocycles. The van der Waals surface area contributed by atoms with Crippen molar-refractivity contribution in [1.29, 1.82) is 5.41 Å². The summed E-state index contributed by atoms with van der Waals surface area (Å²) in [5.41, 5.74) is 1.23. The Bertz CT molecular complexity index is 798. The Morgan fingerprint density at radius 1 is 1.08 bits per heavy atom. The number of hydrogen-bond acceptors (Lipinski definition) is 5. The molecule has 5 heteroatoms. The SMILES string of the molecule is C=Cc1sc(C#CC(C)(C)C)cc1N(C=C)C1CCC(SCNC)CC1.C=N.CC.CC1CCCCC1. The molecule has 2 N–H and O–H groups in total. The van der Waals surface area contributed by atoms with Gasteiger partial charge in [0.25, 0.3) is 0 Å². The number of nitrogens with zero attached hydrogens (tertiary/aromatic N) is 1. The molecule has 2 aliphatic rings. The molecule has 0 amide bonds. The van der Waals surface area contributed by atoms with Crippen LogP contribution in [-0.4, -0.2) is 30.9 Å². The van der Waals surface area contributed by atoms with Crippen LogP contribution >= 0.6 is 23.1 Å². The van der Waals surface area contributed by atoms with Crippen LogP contribution in [0.4, 0.5) is 5.69 Å². The Morgan fingerprint density at radius 3 is 2.11 bits per heavy atom. The lowest BCUT2D eigenvalue weighted by molar-refractivity contribution is 0.385. The second-order valence-electron chi connectivity index (χ2n) is 10.5. The number of rotatable bonds is 7. The Balaban J connectivity index is 0.000000988. The van der Waals surface area contributed by atoms with E-state index in [4.69, 9.17) is 5.41 Å². The van der Waals surface area contributed by atoms with Gasteiger partial charge in [-0.1, -0.05) is 77.9 Å². The topological polar surface area (TPSA) is 39.1 Å². The quantitative estimate of drug-likeness (QED) is 0.203. The van der Waals surface area contributed by atoms with E-state index in [1.54, 1.807) is 11.3 Å². The van der Waals surface area contributed by atoms with Crippen molar-refractivity contribution in [3.05, 3.63) is 35.2 Å². The first kappa shape index (κ1) is 35.5. The zero-order valence-electron chi connectivity index (χ0n) is 24.9. The van der Waals surface area contributed by atoms with Crippen molar-refractivity contribution in [2.45, 2.75) is 111 Å². The first-order valence-electron chi connectivity index (χ1n) is 14.1. The highest BCUT2D eigenvalue weighted by Gasteiger charge is 2.26. The number of thioether (sulfide) groups is 1. The molecule has 0 aromatic carbocycles. The Labute approximate surface area is 238 Å². The molecule has 1 aromatic rings. The Morgan fingerprint density at radius 2 is 1.68 bits per heavy atom. The molecule has 2 aliphatic carbocycles. The van der Waals surface area contributed by atoms with Crippen LogP contribution in [0.5, 0.6) is 0 Å². The summed E-state index contributed by atoms with van der Waals surface area (Å²) in [4.78, 5) is 4.65. The third kappa shape index (κ3) is 14.3. The largest absolute Gasteiger partial charge is 0.344 e.